The lowest BCUT2D eigenvalue weighted by Gasteiger charge is -2.21. The standard InChI is InChI=1S/C20H25FN2O3/c1-4-23(14-20(24)22-17-9-7-6-8-16(17)21)13-15-10-11-18(26-5-2)19(12-15)25-3/h6-12H,4-5,13-14H2,1-3H3,(H,22,24). The number of amides is 1. The first-order chi connectivity index (χ1) is 12.6. The third-order valence-corrected chi connectivity index (χ3v) is 3.90. The smallest absolute Gasteiger partial charge is 0.238 e. The lowest BCUT2D eigenvalue weighted by atomic mass is 10.2. The number of ether oxygens (including phenoxy) is 2. The van der Waals surface area contributed by atoms with Crippen LogP contribution in [0.2, 0.25) is 0 Å². The highest BCUT2D eigenvalue weighted by Crippen LogP contribution is 2.28. The summed E-state index contributed by atoms with van der Waals surface area (Å²) in [4.78, 5) is 14.2. The first-order valence-electron chi connectivity index (χ1n) is 8.63. The Balaban J connectivity index is 2.00. The molecule has 0 bridgehead atoms. The molecule has 0 aromatic heterocycles. The molecule has 0 saturated heterocycles. The van der Waals surface area contributed by atoms with Crippen LogP contribution in [0.5, 0.6) is 11.5 Å². The fourth-order valence-electron chi connectivity index (χ4n) is 2.58. The molecule has 2 rings (SSSR count). The molecule has 0 unspecified atom stereocenters. The molecular weight excluding hydrogens is 335 g/mol. The van der Waals surface area contributed by atoms with Gasteiger partial charge in [0.1, 0.15) is 5.82 Å². The van der Waals surface area contributed by atoms with Gasteiger partial charge in [0.25, 0.3) is 0 Å². The second-order valence-electron chi connectivity index (χ2n) is 5.75. The van der Waals surface area contributed by atoms with E-state index in [4.69, 9.17) is 9.47 Å². The molecule has 0 heterocycles. The summed E-state index contributed by atoms with van der Waals surface area (Å²) in [6.45, 7) is 5.88. The third-order valence-electron chi connectivity index (χ3n) is 3.90. The highest BCUT2D eigenvalue weighted by molar-refractivity contribution is 5.92. The number of hydrogen-bond acceptors (Lipinski definition) is 4. The van der Waals surface area contributed by atoms with Crippen molar-refractivity contribution in [2.45, 2.75) is 20.4 Å². The second kappa shape index (κ2) is 9.77. The van der Waals surface area contributed by atoms with Crippen LogP contribution < -0.4 is 14.8 Å². The number of carbonyl (C=O) groups excluding carboxylic acids is 1. The van der Waals surface area contributed by atoms with Crippen molar-refractivity contribution in [2.24, 2.45) is 0 Å². The van der Waals surface area contributed by atoms with Crippen LogP contribution in [-0.4, -0.2) is 37.6 Å². The van der Waals surface area contributed by atoms with Crippen molar-refractivity contribution in [3.05, 3.63) is 53.8 Å². The van der Waals surface area contributed by atoms with Gasteiger partial charge < -0.3 is 14.8 Å². The lowest BCUT2D eigenvalue weighted by Crippen LogP contribution is -2.33. The predicted octanol–water partition coefficient (Wildman–Crippen LogP) is 3.69. The fraction of sp³-hybridized carbons (Fsp3) is 0.350. The maximum atomic E-state index is 13.6. The van der Waals surface area contributed by atoms with Gasteiger partial charge in [-0.2, -0.15) is 0 Å². The molecule has 0 aliphatic rings. The molecular formula is C20H25FN2O3. The summed E-state index contributed by atoms with van der Waals surface area (Å²) in [6, 6.07) is 11.9. The van der Waals surface area contributed by atoms with Crippen LogP contribution in [0, 0.1) is 5.82 Å². The molecule has 26 heavy (non-hydrogen) atoms. The number of para-hydroxylation sites is 1. The van der Waals surface area contributed by atoms with Gasteiger partial charge in [-0.3, -0.25) is 9.69 Å². The molecule has 0 spiro atoms. The molecule has 6 heteroatoms. The number of nitrogens with zero attached hydrogens (tertiary/aromatic N) is 1. The van der Waals surface area contributed by atoms with Crippen molar-refractivity contribution in [1.82, 2.24) is 4.90 Å². The lowest BCUT2D eigenvalue weighted by molar-refractivity contribution is -0.117. The quantitative estimate of drug-likeness (QED) is 0.741. The van der Waals surface area contributed by atoms with E-state index < -0.39 is 5.82 Å². The zero-order valence-electron chi connectivity index (χ0n) is 15.4. The summed E-state index contributed by atoms with van der Waals surface area (Å²) in [6.07, 6.45) is 0. The van der Waals surface area contributed by atoms with E-state index in [1.54, 1.807) is 25.3 Å². The molecule has 0 fully saturated rings. The summed E-state index contributed by atoms with van der Waals surface area (Å²) >= 11 is 0. The Bertz CT molecular complexity index is 737. The zero-order chi connectivity index (χ0) is 18.9. The summed E-state index contributed by atoms with van der Waals surface area (Å²) in [5.74, 6) is 0.658. The van der Waals surface area contributed by atoms with Gasteiger partial charge in [-0.15, -0.1) is 0 Å². The van der Waals surface area contributed by atoms with Crippen LogP contribution in [-0.2, 0) is 11.3 Å². The third kappa shape index (κ3) is 5.46. The maximum Gasteiger partial charge on any atom is 0.238 e. The van der Waals surface area contributed by atoms with Crippen LogP contribution >= 0.6 is 0 Å². The Hall–Kier alpha value is -2.60. The highest BCUT2D eigenvalue weighted by Gasteiger charge is 2.13. The summed E-state index contributed by atoms with van der Waals surface area (Å²) in [5.41, 5.74) is 1.20. The van der Waals surface area contributed by atoms with Crippen molar-refractivity contribution in [3.63, 3.8) is 0 Å². The Morgan fingerprint density at radius 1 is 1.15 bits per heavy atom. The van der Waals surface area contributed by atoms with Crippen LogP contribution in [0.3, 0.4) is 0 Å². The van der Waals surface area contributed by atoms with E-state index in [1.807, 2.05) is 36.9 Å². The molecule has 2 aromatic rings. The first kappa shape index (κ1) is 19.7. The largest absolute Gasteiger partial charge is 0.493 e. The van der Waals surface area contributed by atoms with Crippen LogP contribution in [0.25, 0.3) is 0 Å². The summed E-state index contributed by atoms with van der Waals surface area (Å²) in [5, 5.41) is 2.61. The van der Waals surface area contributed by atoms with Crippen molar-refractivity contribution in [2.75, 3.05) is 32.1 Å². The Morgan fingerprint density at radius 2 is 1.92 bits per heavy atom. The topological polar surface area (TPSA) is 50.8 Å². The van der Waals surface area contributed by atoms with E-state index in [9.17, 15) is 9.18 Å². The monoisotopic (exact) mass is 360 g/mol. The average molecular weight is 360 g/mol. The number of rotatable bonds is 9. The first-order valence-corrected chi connectivity index (χ1v) is 8.63. The van der Waals surface area contributed by atoms with E-state index in [2.05, 4.69) is 5.32 Å². The number of benzene rings is 2. The zero-order valence-corrected chi connectivity index (χ0v) is 15.4. The minimum atomic E-state index is -0.444. The maximum absolute atomic E-state index is 13.6. The van der Waals surface area contributed by atoms with E-state index >= 15 is 0 Å². The molecule has 1 N–H and O–H groups in total. The number of carbonyl (C=O) groups is 1. The molecule has 2 aromatic carbocycles. The molecule has 0 aliphatic heterocycles. The molecule has 1 amide bonds. The SMILES string of the molecule is CCOc1ccc(CN(CC)CC(=O)Nc2ccccc2F)cc1OC. The predicted molar refractivity (Wildman–Crippen MR) is 100 cm³/mol. The highest BCUT2D eigenvalue weighted by atomic mass is 19.1. The molecule has 5 nitrogen and oxygen atoms in total. The number of methoxy groups -OCH3 is 1. The average Bonchev–Trinajstić information content (AvgIpc) is 2.64. The van der Waals surface area contributed by atoms with Crippen molar-refractivity contribution in [3.8, 4) is 11.5 Å². The van der Waals surface area contributed by atoms with Gasteiger partial charge in [-0.05, 0) is 43.3 Å². The van der Waals surface area contributed by atoms with E-state index in [0.717, 1.165) is 5.56 Å². The number of nitrogens with one attached hydrogen (secondary N) is 1. The molecule has 0 radical (unpaired) electrons. The van der Waals surface area contributed by atoms with Gasteiger partial charge >= 0.3 is 0 Å². The molecule has 0 aliphatic carbocycles. The summed E-state index contributed by atoms with van der Waals surface area (Å²) < 4.78 is 24.5. The Kier molecular flexibility index (Phi) is 7.41. The van der Waals surface area contributed by atoms with Crippen LogP contribution in [0.4, 0.5) is 10.1 Å². The fourth-order valence-corrected chi connectivity index (χ4v) is 2.58. The second-order valence-corrected chi connectivity index (χ2v) is 5.75. The van der Waals surface area contributed by atoms with Crippen molar-refractivity contribution >= 4 is 11.6 Å². The van der Waals surface area contributed by atoms with Gasteiger partial charge in [-0.1, -0.05) is 25.1 Å². The molecule has 140 valence electrons. The Labute approximate surface area is 153 Å². The Morgan fingerprint density at radius 3 is 2.58 bits per heavy atom. The summed E-state index contributed by atoms with van der Waals surface area (Å²) in [7, 11) is 1.60. The van der Waals surface area contributed by atoms with E-state index in [0.29, 0.717) is 31.2 Å². The normalized spacial score (nSPS) is 10.7. The number of anilines is 1. The molecule has 0 saturated carbocycles. The molecule has 0 atom stereocenters. The van der Waals surface area contributed by atoms with E-state index in [-0.39, 0.29) is 18.1 Å². The van der Waals surface area contributed by atoms with Gasteiger partial charge in [0.2, 0.25) is 5.91 Å². The van der Waals surface area contributed by atoms with Crippen molar-refractivity contribution < 1.29 is 18.7 Å². The number of halogens is 1. The number of hydrogen-bond donors (Lipinski definition) is 1. The van der Waals surface area contributed by atoms with Gasteiger partial charge in [-0.25, -0.2) is 4.39 Å². The minimum Gasteiger partial charge on any atom is -0.493 e. The van der Waals surface area contributed by atoms with E-state index in [1.165, 1.54) is 6.07 Å². The van der Waals surface area contributed by atoms with Gasteiger partial charge in [0.15, 0.2) is 11.5 Å². The van der Waals surface area contributed by atoms with Crippen LogP contribution in [0.15, 0.2) is 42.5 Å². The number of likely N-dealkylation sites (N-methyl/N-ethyl adjacent to an activating group) is 1. The van der Waals surface area contributed by atoms with Gasteiger partial charge in [0.05, 0.1) is 25.9 Å². The van der Waals surface area contributed by atoms with Crippen molar-refractivity contribution in [1.29, 1.82) is 0 Å². The van der Waals surface area contributed by atoms with Crippen LogP contribution in [0.1, 0.15) is 19.4 Å². The van der Waals surface area contributed by atoms with Gasteiger partial charge in [0, 0.05) is 6.54 Å². The minimum absolute atomic E-state index is 0.167.